The van der Waals surface area contributed by atoms with E-state index in [9.17, 15) is 27.9 Å². The first-order chi connectivity index (χ1) is 24.7. The number of aryl methyl sites for hydroxylation is 1. The monoisotopic (exact) mass is 763 g/mol. The number of β-lactam (4-membered cyclic amide) rings is 1. The number of carboxylic acid groups (broad SMARTS) is 1. The summed E-state index contributed by atoms with van der Waals surface area (Å²) in [5, 5.41) is 21.2. The Labute approximate surface area is 304 Å². The summed E-state index contributed by atoms with van der Waals surface area (Å²) in [6.45, 7) is 9.10. The number of aliphatic carboxylic acids is 1. The van der Waals surface area contributed by atoms with Crippen molar-refractivity contribution in [2.45, 2.75) is 77.2 Å². The van der Waals surface area contributed by atoms with Crippen molar-refractivity contribution >= 4 is 50.4 Å². The van der Waals surface area contributed by atoms with E-state index < -0.39 is 51.6 Å². The van der Waals surface area contributed by atoms with Crippen molar-refractivity contribution in [1.82, 2.24) is 25.4 Å². The molecule has 5 rings (SSSR count). The van der Waals surface area contributed by atoms with Crippen LogP contribution in [-0.2, 0) is 47.0 Å². The zero-order valence-corrected chi connectivity index (χ0v) is 30.6. The molecule has 0 aliphatic carbocycles. The lowest BCUT2D eigenvalue weighted by Gasteiger charge is -2.50. The molecule has 0 bridgehead atoms. The maximum atomic E-state index is 13.3. The van der Waals surface area contributed by atoms with E-state index in [0.29, 0.717) is 16.7 Å². The van der Waals surface area contributed by atoms with E-state index in [1.54, 1.807) is 0 Å². The number of carboxylic acids is 1. The Balaban J connectivity index is 1.17. The van der Waals surface area contributed by atoms with Crippen LogP contribution in [-0.4, -0.2) is 93.7 Å². The van der Waals surface area contributed by atoms with Gasteiger partial charge in [0.05, 0.1) is 30.5 Å². The second-order valence-corrected chi connectivity index (χ2v) is 14.9. The summed E-state index contributed by atoms with van der Waals surface area (Å²) in [7, 11) is -5.01. The third kappa shape index (κ3) is 9.42. The average molecular weight is 764 g/mol. The number of aromatic nitrogens is 3. The fourth-order valence-corrected chi connectivity index (χ4v) is 6.63. The van der Waals surface area contributed by atoms with Crippen LogP contribution >= 0.6 is 11.3 Å². The molecule has 0 saturated carbocycles. The molecule has 1 aromatic carbocycles. The van der Waals surface area contributed by atoms with E-state index >= 15 is 0 Å². The Morgan fingerprint density at radius 3 is 2.54 bits per heavy atom. The number of nitrogen functional groups attached to an aromatic ring is 1. The molecule has 4 heterocycles. The number of nitrogens with one attached hydrogen (secondary N) is 2. The molecule has 52 heavy (non-hydrogen) atoms. The number of nitrogens with zero attached hydrogens (tertiary/aromatic N) is 5. The van der Waals surface area contributed by atoms with Crippen LogP contribution in [0.5, 0.6) is 5.75 Å². The predicted molar refractivity (Wildman–Crippen MR) is 187 cm³/mol. The van der Waals surface area contributed by atoms with Gasteiger partial charge in [0.25, 0.3) is 11.8 Å². The van der Waals surface area contributed by atoms with Gasteiger partial charge >= 0.3 is 16.4 Å². The average Bonchev–Trinajstić information content (AvgIpc) is 3.69. The topological polar surface area (TPSA) is 241 Å². The molecule has 20 heteroatoms. The fraction of sp³-hybridized carbons (Fsp3) is 0.500. The number of hydrogen-bond acceptors (Lipinski definition) is 13. The first-order valence-electron chi connectivity index (χ1n) is 16.7. The van der Waals surface area contributed by atoms with Crippen molar-refractivity contribution in [1.29, 1.82) is 0 Å². The lowest BCUT2D eigenvalue weighted by Crippen LogP contribution is -2.76. The number of nitrogens with two attached hydrogens (primary N) is 1. The summed E-state index contributed by atoms with van der Waals surface area (Å²) < 4.78 is 46.0. The lowest BCUT2D eigenvalue weighted by atomic mass is 9.84. The third-order valence-corrected chi connectivity index (χ3v) is 9.68. The number of ether oxygens (including phenoxy) is 1. The summed E-state index contributed by atoms with van der Waals surface area (Å²) in [6, 6.07) is 6.39. The van der Waals surface area contributed by atoms with E-state index in [2.05, 4.69) is 53.7 Å². The highest BCUT2D eigenvalue weighted by molar-refractivity contribution is 7.80. The van der Waals surface area contributed by atoms with Gasteiger partial charge in [0.15, 0.2) is 17.4 Å². The van der Waals surface area contributed by atoms with Crippen molar-refractivity contribution in [2.75, 3.05) is 25.4 Å². The van der Waals surface area contributed by atoms with Crippen molar-refractivity contribution in [2.24, 2.45) is 11.1 Å². The van der Waals surface area contributed by atoms with Crippen molar-refractivity contribution in [3.8, 4) is 16.9 Å². The number of carbonyl (C=O) groups is 3. The van der Waals surface area contributed by atoms with Gasteiger partial charge in [-0.3, -0.25) is 14.1 Å². The fourth-order valence-electron chi connectivity index (χ4n) is 5.62. The predicted octanol–water partition coefficient (Wildman–Crippen LogP) is 1.37. The van der Waals surface area contributed by atoms with Gasteiger partial charge in [-0.25, -0.2) is 9.78 Å². The second kappa shape index (κ2) is 16.4. The zero-order valence-electron chi connectivity index (χ0n) is 28.9. The van der Waals surface area contributed by atoms with Gasteiger partial charge in [-0.05, 0) is 44.4 Å². The maximum Gasteiger partial charge on any atom is 0.418 e. The highest BCUT2D eigenvalue weighted by Gasteiger charge is 2.58. The van der Waals surface area contributed by atoms with Crippen molar-refractivity contribution in [3.63, 3.8) is 0 Å². The Hall–Kier alpha value is -4.63. The number of hydroxylamine groups is 2. The van der Waals surface area contributed by atoms with E-state index in [4.69, 9.17) is 19.9 Å². The van der Waals surface area contributed by atoms with Crippen LogP contribution in [0.25, 0.3) is 11.1 Å². The molecule has 0 spiro atoms. The Kier molecular flexibility index (Phi) is 12.1. The van der Waals surface area contributed by atoms with Crippen LogP contribution in [0, 0.1) is 5.92 Å². The van der Waals surface area contributed by atoms with Crippen LogP contribution in [0.3, 0.4) is 0 Å². The molecule has 282 valence electrons. The molecule has 2 aromatic heterocycles. The zero-order chi connectivity index (χ0) is 37.6. The Morgan fingerprint density at radius 1 is 1.23 bits per heavy atom. The molecule has 2 fully saturated rings. The molecule has 3 aromatic rings. The standard InChI is InChI=1S/C32H42N8O10S2/c1-4-5-12-38-17-22(18-39(38)16-20-14-34-15-20)21-8-10-23(11-9-21)48-13-6-7-25(30(43)44)49-37-26(24-19-51-31(33)35-24)28(41)36-27-29(42)40(32(27,2)3)50-52(45,46)47/h8-11,17-20,25,27,34H,4-7,12-16H2,1-3H3,(H4-,33,35,36,41,43,44,45,46,47)/p+1/b37-26-/t25-,27+/m0/s1. The summed E-state index contributed by atoms with van der Waals surface area (Å²) in [5.74, 6) is -2.05. The molecule has 2 saturated heterocycles. The smallest absolute Gasteiger partial charge is 0.418 e. The number of amides is 2. The third-order valence-electron chi connectivity index (χ3n) is 8.67. The SMILES string of the molecule is CCCCn1cc(-c2ccc(OCCC[C@H](O/N=C(\C(=O)N[C@@H]3C(=O)N(OS(=O)(=O)O)C3(C)C)c3csc(N)n3)C(=O)O)cc2)c[n+]1CC1CNC1. The number of hydrogen-bond donors (Lipinski definition) is 5. The number of oxime groups is 1. The number of anilines is 1. The largest absolute Gasteiger partial charge is 0.494 e. The van der Waals surface area contributed by atoms with Crippen molar-refractivity contribution in [3.05, 3.63) is 47.7 Å². The first kappa shape index (κ1) is 38.6. The summed E-state index contributed by atoms with van der Waals surface area (Å²) in [6.07, 6.45) is 5.34. The highest BCUT2D eigenvalue weighted by Crippen LogP contribution is 2.33. The number of rotatable bonds is 19. The molecule has 2 aliphatic heterocycles. The second-order valence-electron chi connectivity index (χ2n) is 13.0. The van der Waals surface area contributed by atoms with Gasteiger partial charge in [0.1, 0.15) is 17.5 Å². The Bertz CT molecular complexity index is 1890. The molecule has 0 radical (unpaired) electrons. The number of thiazole rings is 1. The first-order valence-corrected chi connectivity index (χ1v) is 18.9. The minimum Gasteiger partial charge on any atom is -0.494 e. The van der Waals surface area contributed by atoms with Crippen LogP contribution in [0.15, 0.2) is 47.2 Å². The summed E-state index contributed by atoms with van der Waals surface area (Å²) in [5.41, 5.74) is 5.96. The Morgan fingerprint density at radius 2 is 1.96 bits per heavy atom. The van der Waals surface area contributed by atoms with Crippen LogP contribution in [0.1, 0.15) is 52.1 Å². The minimum absolute atomic E-state index is 0.0249. The van der Waals surface area contributed by atoms with Gasteiger partial charge in [-0.2, -0.15) is 18.2 Å². The van der Waals surface area contributed by atoms with E-state index in [-0.39, 0.29) is 30.3 Å². The normalized spacial score (nSPS) is 18.0. The molecular weight excluding hydrogens is 721 g/mol. The molecule has 2 aliphatic rings. The minimum atomic E-state index is -5.01. The van der Waals surface area contributed by atoms with Gasteiger partial charge < -0.3 is 31.0 Å². The molecule has 6 N–H and O–H groups in total. The van der Waals surface area contributed by atoms with Gasteiger partial charge in [-0.1, -0.05) is 30.6 Å². The van der Waals surface area contributed by atoms with Gasteiger partial charge in [0.2, 0.25) is 12.3 Å². The van der Waals surface area contributed by atoms with E-state index in [0.717, 1.165) is 61.5 Å². The van der Waals surface area contributed by atoms with E-state index in [1.165, 1.54) is 19.2 Å². The number of benzene rings is 1. The van der Waals surface area contributed by atoms with Crippen LogP contribution in [0.2, 0.25) is 0 Å². The maximum absolute atomic E-state index is 13.3. The molecular formula is C32H43N8O10S2+. The summed E-state index contributed by atoms with van der Waals surface area (Å²) in [4.78, 5) is 47.1. The quantitative estimate of drug-likeness (QED) is 0.0290. The molecule has 0 unspecified atom stereocenters. The van der Waals surface area contributed by atoms with E-state index in [1.807, 2.05) is 24.3 Å². The van der Waals surface area contributed by atoms with Crippen LogP contribution in [0.4, 0.5) is 5.13 Å². The highest BCUT2D eigenvalue weighted by atomic mass is 32.3. The molecule has 2 atom stereocenters. The molecule has 2 amide bonds. The number of carbonyl (C=O) groups excluding carboxylic acids is 2. The van der Waals surface area contributed by atoms with Gasteiger partial charge in [-0.15, -0.1) is 20.3 Å². The number of unbranched alkanes of at least 4 members (excludes halogenated alkanes) is 1. The summed E-state index contributed by atoms with van der Waals surface area (Å²) >= 11 is 0.983. The van der Waals surface area contributed by atoms with Gasteiger partial charge in [0, 0.05) is 30.8 Å². The van der Waals surface area contributed by atoms with Crippen LogP contribution < -0.4 is 25.8 Å². The molecule has 18 nitrogen and oxygen atoms in total. The van der Waals surface area contributed by atoms with Crippen molar-refractivity contribution < 1.29 is 51.0 Å². The lowest BCUT2D eigenvalue weighted by molar-refractivity contribution is -0.781.